The van der Waals surface area contributed by atoms with Crippen molar-refractivity contribution in [3.05, 3.63) is 162 Å². The van der Waals surface area contributed by atoms with Gasteiger partial charge in [-0.15, -0.1) is 18.2 Å². The number of rotatable bonds is 8. The van der Waals surface area contributed by atoms with Crippen molar-refractivity contribution < 1.29 is 27.0 Å². The quantitative estimate of drug-likeness (QED) is 0.112. The number of aryl methyl sites for hydroxylation is 2. The number of fused-ring (bicyclic) bond motifs is 4. The molecule has 7 heteroatoms. The molecule has 0 bridgehead atoms. The van der Waals surface area contributed by atoms with E-state index in [9.17, 15) is 0 Å². The average Bonchev–Trinajstić information content (AvgIpc) is 3.86. The molecule has 0 saturated heterocycles. The molecule has 0 spiro atoms. The average molecular weight is 1100 g/mol. The van der Waals surface area contributed by atoms with Crippen molar-refractivity contribution in [2.75, 3.05) is 0 Å². The molecule has 0 unspecified atom stereocenters. The number of thiophene rings is 1. The van der Waals surface area contributed by atoms with Crippen molar-refractivity contribution in [3.63, 3.8) is 0 Å². The molecule has 0 aliphatic carbocycles. The van der Waals surface area contributed by atoms with Crippen LogP contribution in [0.3, 0.4) is 0 Å². The fraction of sp³-hybridized carbons (Fsp3) is 0.281. The van der Waals surface area contributed by atoms with Crippen LogP contribution in [-0.2, 0) is 26.5 Å². The molecule has 9 aromatic rings. The summed E-state index contributed by atoms with van der Waals surface area (Å²) in [6, 6.07) is 45.7. The van der Waals surface area contributed by atoms with Crippen LogP contribution in [0.1, 0.15) is 95.1 Å². The van der Waals surface area contributed by atoms with Gasteiger partial charge in [-0.25, -0.2) is 4.98 Å². The monoisotopic (exact) mass is 1100 g/mol. The normalized spacial score (nSPS) is 13.5. The molecular formula is C57H60GeIrN4S-2. The van der Waals surface area contributed by atoms with Gasteiger partial charge in [0.25, 0.3) is 0 Å². The molecule has 64 heavy (non-hydrogen) atoms. The molecule has 0 atom stereocenters. The summed E-state index contributed by atoms with van der Waals surface area (Å²) in [6.45, 7) is 14.8. The fourth-order valence-corrected chi connectivity index (χ4v) is 12.3. The molecule has 0 aliphatic heterocycles. The minimum absolute atomic E-state index is 0. The Morgan fingerprint density at radius 2 is 1.50 bits per heavy atom. The van der Waals surface area contributed by atoms with E-state index in [4.69, 9.17) is 16.8 Å². The van der Waals surface area contributed by atoms with Crippen LogP contribution < -0.4 is 4.40 Å². The first-order valence-corrected chi connectivity index (χ1v) is 30.1. The van der Waals surface area contributed by atoms with E-state index in [2.05, 4.69) is 159 Å². The Morgan fingerprint density at radius 1 is 0.797 bits per heavy atom. The van der Waals surface area contributed by atoms with E-state index in [-0.39, 0.29) is 25.7 Å². The molecule has 0 N–H and O–H groups in total. The summed E-state index contributed by atoms with van der Waals surface area (Å²) >= 11 is -0.620. The van der Waals surface area contributed by atoms with Crippen molar-refractivity contribution in [1.82, 2.24) is 19.5 Å². The third kappa shape index (κ3) is 9.91. The predicted octanol–water partition coefficient (Wildman–Crippen LogP) is 15.5. The Labute approximate surface area is 408 Å². The first-order valence-electron chi connectivity index (χ1n) is 24.4. The van der Waals surface area contributed by atoms with Crippen LogP contribution in [0.15, 0.2) is 121 Å². The molecule has 1 radical (unpaired) electrons. The second-order valence-corrected chi connectivity index (χ2v) is 30.7. The summed E-state index contributed by atoms with van der Waals surface area (Å²) in [5, 5.41) is 2.39. The van der Waals surface area contributed by atoms with E-state index in [0.717, 1.165) is 37.3 Å². The van der Waals surface area contributed by atoms with Crippen molar-refractivity contribution in [1.29, 1.82) is 0 Å². The maximum atomic E-state index is 8.80. The van der Waals surface area contributed by atoms with Gasteiger partial charge in [0, 0.05) is 31.5 Å². The molecule has 0 amide bonds. The second-order valence-electron chi connectivity index (χ2n) is 19.2. The van der Waals surface area contributed by atoms with Crippen molar-refractivity contribution in [2.24, 2.45) is 5.41 Å². The van der Waals surface area contributed by atoms with E-state index >= 15 is 0 Å². The largest absolute Gasteiger partial charge is 0 e. The van der Waals surface area contributed by atoms with Crippen LogP contribution in [0.2, 0.25) is 17.3 Å². The van der Waals surface area contributed by atoms with Crippen LogP contribution in [0.25, 0.3) is 70.8 Å². The van der Waals surface area contributed by atoms with Gasteiger partial charge in [-0.05, 0) is 81.4 Å². The standard InChI is InChI=1S/C37H32N3S.C20H28GeN.Ir/c1-22(2)30-20-26(25-12-7-6-8-13-25)21-31(23(3)4)34(30)40-33-17-10-9-16-32(33)39-36(40)29-15-11-14-27-28-19-18-24(5)38-37(28)41-35(27)29;1-15-8-10-16(11-9-15)19-12-17(13-20(2,3)4)18(14-22-19)21(5,6)7;/h6-14,16-23H,1-5H3;8-10,12,14H,13H2,1-7H3;/q2*-1;/i;1D3,13D2;. The van der Waals surface area contributed by atoms with E-state index in [1.54, 1.807) is 23.5 Å². The maximum absolute atomic E-state index is 8.80. The Bertz CT molecular complexity index is 3260. The van der Waals surface area contributed by atoms with E-state index < -0.39 is 31.9 Å². The summed E-state index contributed by atoms with van der Waals surface area (Å²) in [5.41, 5.74) is 12.2. The zero-order chi connectivity index (χ0) is 49.1. The van der Waals surface area contributed by atoms with Gasteiger partial charge < -0.3 is 4.57 Å². The fourth-order valence-electron chi connectivity index (χ4n) is 8.21. The van der Waals surface area contributed by atoms with Gasteiger partial charge in [0.2, 0.25) is 0 Å². The van der Waals surface area contributed by atoms with Crippen molar-refractivity contribution in [3.8, 4) is 39.5 Å². The van der Waals surface area contributed by atoms with E-state index in [1.807, 2.05) is 39.1 Å². The Hall–Kier alpha value is -4.72. The molecule has 4 nitrogen and oxygen atoms in total. The molecule has 0 fully saturated rings. The van der Waals surface area contributed by atoms with Gasteiger partial charge in [-0.2, -0.15) is 11.3 Å². The molecule has 9 rings (SSSR count). The summed E-state index contributed by atoms with van der Waals surface area (Å²) in [4.78, 5) is 15.8. The molecule has 0 aliphatic rings. The van der Waals surface area contributed by atoms with Crippen LogP contribution in [-0.4, -0.2) is 32.8 Å². The van der Waals surface area contributed by atoms with E-state index in [0.29, 0.717) is 28.7 Å². The predicted molar refractivity (Wildman–Crippen MR) is 274 cm³/mol. The van der Waals surface area contributed by atoms with Crippen molar-refractivity contribution in [2.45, 2.75) is 97.7 Å². The minimum Gasteiger partial charge on any atom is 0 e. The molecule has 4 aromatic heterocycles. The Kier molecular flexibility index (Phi) is 12.1. The smallest absolute Gasteiger partial charge is 0 e. The van der Waals surface area contributed by atoms with Gasteiger partial charge in [-0.3, -0.25) is 4.98 Å². The SMILES string of the molecule is Cc1ccc2c(n1)sc1c(-c3nc4ccccc4n3-c3c(C(C)C)cc(-c4ccccc4)cc3C(C)C)[c-]ccc12.[2H]C([2H])([2H])c1c[c-]c(-c2cc(C([2H])([2H])C(C)(C)C)[c]([Ge]([CH3])([CH3])[CH3])cn2)cc1.[Ir]. The number of pyridine rings is 2. The first-order chi connectivity index (χ1) is 32.0. The summed E-state index contributed by atoms with van der Waals surface area (Å²) < 4.78 is 44.7. The Morgan fingerprint density at radius 3 is 2.14 bits per heavy atom. The number of hydrogen-bond acceptors (Lipinski definition) is 4. The molecular weight excluding hydrogens is 1040 g/mol. The van der Waals surface area contributed by atoms with Gasteiger partial charge in [0.05, 0.1) is 16.9 Å². The minimum atomic E-state index is -2.36. The van der Waals surface area contributed by atoms with Crippen LogP contribution >= 0.6 is 11.3 Å². The second kappa shape index (κ2) is 19.0. The van der Waals surface area contributed by atoms with Crippen molar-refractivity contribution >= 4 is 60.3 Å². The van der Waals surface area contributed by atoms with Gasteiger partial charge >= 0.3 is 145 Å². The zero-order valence-corrected chi connectivity index (χ0v) is 44.0. The van der Waals surface area contributed by atoms with Crippen LogP contribution in [0, 0.1) is 31.3 Å². The molecule has 0 saturated carbocycles. The number of hydrogen-bond donors (Lipinski definition) is 0. The number of para-hydroxylation sites is 2. The summed E-state index contributed by atoms with van der Waals surface area (Å²) in [5.74, 6) is 8.26. The number of aromatic nitrogens is 4. The number of benzene rings is 5. The van der Waals surface area contributed by atoms with Gasteiger partial charge in [0.1, 0.15) is 4.83 Å². The number of nitrogens with zero attached hydrogens (tertiary/aromatic N) is 4. The zero-order valence-electron chi connectivity index (χ0n) is 43.7. The molecule has 329 valence electrons. The van der Waals surface area contributed by atoms with Crippen LogP contribution in [0.4, 0.5) is 0 Å². The van der Waals surface area contributed by atoms with Gasteiger partial charge in [-0.1, -0.05) is 87.2 Å². The molecule has 4 heterocycles. The first kappa shape index (κ1) is 40.8. The third-order valence-corrected chi connectivity index (χ3v) is 16.6. The number of imidazole rings is 1. The maximum Gasteiger partial charge on any atom is 0 e. The third-order valence-electron chi connectivity index (χ3n) is 11.3. The summed E-state index contributed by atoms with van der Waals surface area (Å²) in [6.07, 6.45) is 0.303. The topological polar surface area (TPSA) is 43.6 Å². The summed E-state index contributed by atoms with van der Waals surface area (Å²) in [7, 11) is 0. The van der Waals surface area contributed by atoms with Gasteiger partial charge in [0.15, 0.2) is 0 Å². The van der Waals surface area contributed by atoms with Crippen LogP contribution in [0.5, 0.6) is 0 Å². The van der Waals surface area contributed by atoms with E-state index in [1.165, 1.54) is 49.5 Å². The molecule has 5 aromatic carbocycles. The Balaban J connectivity index is 0.000000220.